The summed E-state index contributed by atoms with van der Waals surface area (Å²) in [6.07, 6.45) is 1.60. The van der Waals surface area contributed by atoms with Crippen molar-refractivity contribution in [1.82, 2.24) is 24.6 Å². The van der Waals surface area contributed by atoms with Gasteiger partial charge in [0.05, 0.1) is 0 Å². The molecule has 0 amide bonds. The maximum Gasteiger partial charge on any atom is 0.256 e. The molecule has 0 saturated heterocycles. The summed E-state index contributed by atoms with van der Waals surface area (Å²) in [7, 11) is 0. The fourth-order valence-electron chi connectivity index (χ4n) is 1.53. The Morgan fingerprint density at radius 2 is 2.13 bits per heavy atom. The van der Waals surface area contributed by atoms with E-state index in [1.165, 1.54) is 6.07 Å². The van der Waals surface area contributed by atoms with Crippen LogP contribution in [0.25, 0.3) is 16.8 Å². The zero-order valence-electron chi connectivity index (χ0n) is 7.85. The number of aryl methyl sites for hydroxylation is 1. The highest BCUT2D eigenvalue weighted by molar-refractivity contribution is 5.75. The third-order valence-electron chi connectivity index (χ3n) is 2.21. The lowest BCUT2D eigenvalue weighted by Gasteiger charge is -2.00. The van der Waals surface area contributed by atoms with Crippen molar-refractivity contribution in [3.63, 3.8) is 0 Å². The number of hydrogen-bond acceptors (Lipinski definition) is 4. The van der Waals surface area contributed by atoms with E-state index in [4.69, 9.17) is 0 Å². The number of hydrogen-bond donors (Lipinski definition) is 0. The van der Waals surface area contributed by atoms with Gasteiger partial charge in [0, 0.05) is 11.6 Å². The van der Waals surface area contributed by atoms with Gasteiger partial charge in [-0.15, -0.1) is 10.2 Å². The first-order valence-electron chi connectivity index (χ1n) is 4.39. The Kier molecular flexibility index (Phi) is 1.47. The van der Waals surface area contributed by atoms with Crippen LogP contribution in [0.15, 0.2) is 18.3 Å². The summed E-state index contributed by atoms with van der Waals surface area (Å²) in [5, 5.41) is 8.46. The Morgan fingerprint density at radius 1 is 1.27 bits per heavy atom. The van der Waals surface area contributed by atoms with E-state index < -0.39 is 5.95 Å². The highest BCUT2D eigenvalue weighted by Gasteiger charge is 2.07. The molecule has 0 fully saturated rings. The van der Waals surface area contributed by atoms with E-state index in [-0.39, 0.29) is 0 Å². The summed E-state index contributed by atoms with van der Waals surface area (Å²) >= 11 is 0. The van der Waals surface area contributed by atoms with Crippen LogP contribution < -0.4 is 0 Å². The van der Waals surface area contributed by atoms with Gasteiger partial charge in [0.1, 0.15) is 5.82 Å². The van der Waals surface area contributed by atoms with Crippen molar-refractivity contribution in [2.24, 2.45) is 0 Å². The van der Waals surface area contributed by atoms with Gasteiger partial charge in [-0.05, 0) is 19.1 Å². The number of pyridine rings is 1. The first kappa shape index (κ1) is 8.22. The third kappa shape index (κ3) is 1.08. The molecule has 0 aliphatic carbocycles. The average molecular weight is 203 g/mol. The van der Waals surface area contributed by atoms with E-state index in [0.29, 0.717) is 17.2 Å². The van der Waals surface area contributed by atoms with E-state index in [1.54, 1.807) is 23.6 Å². The van der Waals surface area contributed by atoms with Gasteiger partial charge in [0.25, 0.3) is 5.78 Å². The average Bonchev–Trinajstić information content (AvgIpc) is 2.60. The van der Waals surface area contributed by atoms with E-state index in [9.17, 15) is 4.39 Å². The summed E-state index contributed by atoms with van der Waals surface area (Å²) in [6, 6.07) is 2.93. The molecule has 15 heavy (non-hydrogen) atoms. The monoisotopic (exact) mass is 203 g/mol. The lowest BCUT2D eigenvalue weighted by atomic mass is 10.3. The molecule has 5 nitrogen and oxygen atoms in total. The van der Waals surface area contributed by atoms with Crippen LogP contribution in [-0.4, -0.2) is 24.6 Å². The van der Waals surface area contributed by atoms with Gasteiger partial charge in [-0.25, -0.2) is 14.4 Å². The molecule has 74 valence electrons. The highest BCUT2D eigenvalue weighted by Crippen LogP contribution is 2.13. The quantitative estimate of drug-likeness (QED) is 0.514. The van der Waals surface area contributed by atoms with Crippen LogP contribution in [-0.2, 0) is 0 Å². The topological polar surface area (TPSA) is 56.0 Å². The zero-order chi connectivity index (χ0) is 10.4. The fourth-order valence-corrected chi connectivity index (χ4v) is 1.53. The van der Waals surface area contributed by atoms with Gasteiger partial charge in [-0.3, -0.25) is 0 Å². The molecule has 6 heteroatoms. The van der Waals surface area contributed by atoms with Crippen LogP contribution in [0.1, 0.15) is 5.82 Å². The second-order valence-corrected chi connectivity index (χ2v) is 3.19. The van der Waals surface area contributed by atoms with Crippen molar-refractivity contribution in [3.05, 3.63) is 30.1 Å². The number of aromatic nitrogens is 5. The van der Waals surface area contributed by atoms with Crippen LogP contribution in [0.3, 0.4) is 0 Å². The first-order chi connectivity index (χ1) is 7.25. The molecule has 3 aromatic heterocycles. The molecule has 0 aliphatic heterocycles. The Bertz CT molecular complexity index is 660. The predicted molar refractivity (Wildman–Crippen MR) is 50.8 cm³/mol. The smallest absolute Gasteiger partial charge is 0.246 e. The van der Waals surface area contributed by atoms with Gasteiger partial charge in [0.2, 0.25) is 5.95 Å². The molecule has 0 N–H and O–H groups in total. The summed E-state index contributed by atoms with van der Waals surface area (Å²) in [6.45, 7) is 1.77. The largest absolute Gasteiger partial charge is 0.256 e. The van der Waals surface area contributed by atoms with Gasteiger partial charge in [0.15, 0.2) is 5.65 Å². The maximum absolute atomic E-state index is 13.0. The standard InChI is InChI=1S/C9H6FN5/c1-5-13-14-9-11-4-6-2-3-7(10)12-8(6)15(5)9/h2-4H,1H3. The number of nitrogens with zero attached hydrogens (tertiary/aromatic N) is 5. The molecule has 3 heterocycles. The molecule has 0 radical (unpaired) electrons. The molecule has 0 aromatic carbocycles. The minimum Gasteiger partial charge on any atom is -0.246 e. The van der Waals surface area contributed by atoms with Crippen LogP contribution in [0, 0.1) is 12.9 Å². The molecule has 0 saturated carbocycles. The second kappa shape index (κ2) is 2.69. The third-order valence-corrected chi connectivity index (χ3v) is 2.21. The molecular formula is C9H6FN5. The molecule has 0 unspecified atom stereocenters. The summed E-state index contributed by atoms with van der Waals surface area (Å²) in [4.78, 5) is 7.90. The minimum absolute atomic E-state index is 0.429. The van der Waals surface area contributed by atoms with Gasteiger partial charge >= 0.3 is 0 Å². The first-order valence-corrected chi connectivity index (χ1v) is 4.39. The van der Waals surface area contributed by atoms with Crippen molar-refractivity contribution in [3.8, 4) is 0 Å². The van der Waals surface area contributed by atoms with Crippen molar-refractivity contribution < 1.29 is 4.39 Å². The lowest BCUT2D eigenvalue weighted by molar-refractivity contribution is 0.587. The molecule has 0 atom stereocenters. The van der Waals surface area contributed by atoms with Crippen LogP contribution in [0.5, 0.6) is 0 Å². The maximum atomic E-state index is 13.0. The fraction of sp³-hybridized carbons (Fsp3) is 0.111. The normalized spacial score (nSPS) is 11.3. The number of rotatable bonds is 0. The lowest BCUT2D eigenvalue weighted by Crippen LogP contribution is -1.97. The van der Waals surface area contributed by atoms with Crippen molar-refractivity contribution >= 4 is 16.8 Å². The summed E-state index contributed by atoms with van der Waals surface area (Å²) < 4.78 is 14.6. The Labute approximate surface area is 83.6 Å². The Balaban J connectivity index is 2.61. The van der Waals surface area contributed by atoms with Crippen molar-refractivity contribution in [2.45, 2.75) is 6.92 Å². The molecule has 3 rings (SSSR count). The Morgan fingerprint density at radius 3 is 3.00 bits per heavy atom. The predicted octanol–water partition coefficient (Wildman–Crippen LogP) is 1.12. The second-order valence-electron chi connectivity index (χ2n) is 3.19. The van der Waals surface area contributed by atoms with E-state index in [0.717, 1.165) is 5.39 Å². The van der Waals surface area contributed by atoms with Gasteiger partial charge in [-0.2, -0.15) is 4.39 Å². The summed E-state index contributed by atoms with van der Waals surface area (Å²) in [5.41, 5.74) is 0.488. The number of halogens is 1. The summed E-state index contributed by atoms with van der Waals surface area (Å²) in [5.74, 6) is 0.544. The van der Waals surface area contributed by atoms with Crippen LogP contribution >= 0.6 is 0 Å². The van der Waals surface area contributed by atoms with Crippen molar-refractivity contribution in [1.29, 1.82) is 0 Å². The number of fused-ring (bicyclic) bond motifs is 3. The van der Waals surface area contributed by atoms with Crippen LogP contribution in [0.2, 0.25) is 0 Å². The van der Waals surface area contributed by atoms with Gasteiger partial charge < -0.3 is 0 Å². The minimum atomic E-state index is -0.525. The van der Waals surface area contributed by atoms with Crippen LogP contribution in [0.4, 0.5) is 4.39 Å². The molecule has 0 aliphatic rings. The van der Waals surface area contributed by atoms with E-state index in [1.807, 2.05) is 0 Å². The molecule has 0 bridgehead atoms. The SMILES string of the molecule is Cc1nnc2ncc3ccc(F)nc3n12. The molecule has 3 aromatic rings. The van der Waals surface area contributed by atoms with Gasteiger partial charge in [-0.1, -0.05) is 0 Å². The molecule has 0 spiro atoms. The zero-order valence-corrected chi connectivity index (χ0v) is 7.85. The van der Waals surface area contributed by atoms with E-state index >= 15 is 0 Å². The van der Waals surface area contributed by atoms with E-state index in [2.05, 4.69) is 20.2 Å². The molecular weight excluding hydrogens is 197 g/mol. The highest BCUT2D eigenvalue weighted by atomic mass is 19.1. The Hall–Kier alpha value is -2.11. The van der Waals surface area contributed by atoms with Crippen molar-refractivity contribution in [2.75, 3.05) is 0 Å².